The number of hydrogen-bond donors (Lipinski definition) is 3. The van der Waals surface area contributed by atoms with Gasteiger partial charge < -0.3 is 25.2 Å². The van der Waals surface area contributed by atoms with E-state index in [1.807, 2.05) is 12.1 Å². The fraction of sp³-hybridized carbons (Fsp3) is 0.241. The summed E-state index contributed by atoms with van der Waals surface area (Å²) in [5, 5.41) is 19.1. The molecule has 1 aliphatic rings. The molecule has 0 bridgehead atoms. The Bertz CT molecular complexity index is 1300. The van der Waals surface area contributed by atoms with E-state index in [0.29, 0.717) is 35.4 Å². The van der Waals surface area contributed by atoms with E-state index >= 15 is 0 Å². The summed E-state index contributed by atoms with van der Waals surface area (Å²) in [7, 11) is 1.75. The molecule has 11 heteroatoms. The van der Waals surface area contributed by atoms with E-state index in [4.69, 9.17) is 14.9 Å². The smallest absolute Gasteiger partial charge is 0.328 e. The number of amides is 1. The van der Waals surface area contributed by atoms with E-state index in [2.05, 4.69) is 34.3 Å². The van der Waals surface area contributed by atoms with Crippen molar-refractivity contribution in [2.75, 3.05) is 31.6 Å². The number of halogens is 1. The van der Waals surface area contributed by atoms with Crippen molar-refractivity contribution in [3.05, 3.63) is 96.0 Å². The Hall–Kier alpha value is -4.61. The fourth-order valence-corrected chi connectivity index (χ4v) is 3.88. The van der Waals surface area contributed by atoms with Gasteiger partial charge in [-0.05, 0) is 55.0 Å². The molecule has 210 valence electrons. The summed E-state index contributed by atoms with van der Waals surface area (Å²) >= 11 is 0. The average molecular weight is 551 g/mol. The number of pyridine rings is 1. The van der Waals surface area contributed by atoms with Crippen molar-refractivity contribution >= 4 is 23.5 Å². The Morgan fingerprint density at radius 2 is 1.70 bits per heavy atom. The van der Waals surface area contributed by atoms with Crippen LogP contribution in [0.15, 0.2) is 79.0 Å². The molecule has 1 aliphatic heterocycles. The minimum atomic E-state index is -1.26. The van der Waals surface area contributed by atoms with E-state index < -0.39 is 11.9 Å². The van der Waals surface area contributed by atoms with Crippen LogP contribution in [-0.2, 0) is 16.1 Å². The number of anilines is 1. The first-order valence-electron chi connectivity index (χ1n) is 12.5. The highest BCUT2D eigenvalue weighted by atomic mass is 19.1. The summed E-state index contributed by atoms with van der Waals surface area (Å²) < 4.78 is 18.6. The van der Waals surface area contributed by atoms with E-state index in [1.54, 1.807) is 24.1 Å². The van der Waals surface area contributed by atoms with Crippen LogP contribution in [0.4, 0.5) is 10.1 Å². The highest BCUT2D eigenvalue weighted by Gasteiger charge is 2.17. The van der Waals surface area contributed by atoms with Crippen LogP contribution in [0.3, 0.4) is 0 Å². The van der Waals surface area contributed by atoms with Crippen molar-refractivity contribution in [3.63, 3.8) is 0 Å². The number of nitrogens with zero attached hydrogens (tertiary/aromatic N) is 3. The SMILES string of the molecule is C[C@H]1CN(Cc2ccc(N(C)C(=O)c3ccc(Oc4ccc(F)cc4)nc3)cc2)CCN1.O=C(O)C=CC(=O)O. The van der Waals surface area contributed by atoms with Crippen LogP contribution in [0.5, 0.6) is 11.6 Å². The fourth-order valence-electron chi connectivity index (χ4n) is 3.88. The molecule has 0 radical (unpaired) electrons. The number of carbonyl (C=O) groups is 3. The summed E-state index contributed by atoms with van der Waals surface area (Å²) in [6.07, 6.45) is 2.60. The van der Waals surface area contributed by atoms with Crippen molar-refractivity contribution in [3.8, 4) is 11.6 Å². The van der Waals surface area contributed by atoms with Gasteiger partial charge in [0.25, 0.3) is 5.91 Å². The van der Waals surface area contributed by atoms with Crippen LogP contribution in [0.1, 0.15) is 22.8 Å². The first-order chi connectivity index (χ1) is 19.1. The topological polar surface area (TPSA) is 132 Å². The van der Waals surface area contributed by atoms with Gasteiger partial charge in [-0.2, -0.15) is 0 Å². The van der Waals surface area contributed by atoms with E-state index in [9.17, 15) is 18.8 Å². The minimum Gasteiger partial charge on any atom is -0.478 e. The van der Waals surface area contributed by atoms with Crippen LogP contribution < -0.4 is 15.0 Å². The van der Waals surface area contributed by atoms with Crippen molar-refractivity contribution in [1.29, 1.82) is 0 Å². The molecule has 0 aliphatic carbocycles. The van der Waals surface area contributed by atoms with Gasteiger partial charge in [-0.1, -0.05) is 12.1 Å². The van der Waals surface area contributed by atoms with Gasteiger partial charge in [-0.15, -0.1) is 0 Å². The molecule has 3 N–H and O–H groups in total. The zero-order valence-electron chi connectivity index (χ0n) is 22.2. The second-order valence-corrected chi connectivity index (χ2v) is 9.07. The monoisotopic (exact) mass is 550 g/mol. The molecule has 1 amide bonds. The number of nitrogens with one attached hydrogen (secondary N) is 1. The molecule has 1 atom stereocenters. The summed E-state index contributed by atoms with van der Waals surface area (Å²) in [6.45, 7) is 6.19. The largest absolute Gasteiger partial charge is 0.478 e. The Labute approximate surface area is 231 Å². The lowest BCUT2D eigenvalue weighted by Crippen LogP contribution is -2.48. The number of carbonyl (C=O) groups excluding carboxylic acids is 1. The van der Waals surface area contributed by atoms with E-state index in [-0.39, 0.29) is 11.7 Å². The van der Waals surface area contributed by atoms with Crippen LogP contribution >= 0.6 is 0 Å². The maximum absolute atomic E-state index is 13.0. The van der Waals surface area contributed by atoms with Gasteiger partial charge in [0.05, 0.1) is 5.56 Å². The van der Waals surface area contributed by atoms with Crippen molar-refractivity contribution in [2.45, 2.75) is 19.5 Å². The molecule has 2 aromatic carbocycles. The number of carboxylic acids is 2. The molecule has 40 heavy (non-hydrogen) atoms. The Morgan fingerprint density at radius 3 is 2.25 bits per heavy atom. The molecule has 1 saturated heterocycles. The zero-order chi connectivity index (χ0) is 29.1. The number of benzene rings is 2. The van der Waals surface area contributed by atoms with Crippen LogP contribution in [-0.4, -0.2) is 70.7 Å². The molecule has 2 heterocycles. The van der Waals surface area contributed by atoms with Crippen molar-refractivity contribution in [1.82, 2.24) is 15.2 Å². The highest BCUT2D eigenvalue weighted by Crippen LogP contribution is 2.21. The lowest BCUT2D eigenvalue weighted by atomic mass is 10.1. The van der Waals surface area contributed by atoms with Gasteiger partial charge in [0.2, 0.25) is 5.88 Å². The lowest BCUT2D eigenvalue weighted by Gasteiger charge is -2.31. The van der Waals surface area contributed by atoms with E-state index in [0.717, 1.165) is 31.9 Å². The Morgan fingerprint density at radius 1 is 1.05 bits per heavy atom. The number of rotatable bonds is 8. The molecule has 3 aromatic rings. The standard InChI is InChI=1S/C25H27FN4O2.C4H4O4/c1-18-16-30(14-13-27-18)17-19-3-8-22(9-4-19)29(2)25(31)20-5-12-24(28-15-20)32-23-10-6-21(26)7-11-23;5-3(6)1-2-4(7)8/h3-12,15,18,27H,13-14,16-17H2,1-2H3;1-2H,(H,5,6)(H,7,8)/t18-;/m0./s1. The summed E-state index contributed by atoms with van der Waals surface area (Å²) in [4.78, 5) is 40.2. The first-order valence-corrected chi connectivity index (χ1v) is 12.5. The number of ether oxygens (including phenoxy) is 1. The molecule has 4 rings (SSSR count). The van der Waals surface area contributed by atoms with Crippen molar-refractivity contribution in [2.24, 2.45) is 0 Å². The van der Waals surface area contributed by atoms with Gasteiger partial charge in [-0.3, -0.25) is 9.69 Å². The Balaban J connectivity index is 0.000000482. The van der Waals surface area contributed by atoms with Crippen LogP contribution in [0, 0.1) is 5.82 Å². The predicted octanol–water partition coefficient (Wildman–Crippen LogP) is 3.80. The van der Waals surface area contributed by atoms with Gasteiger partial charge in [0.15, 0.2) is 0 Å². The second kappa shape index (κ2) is 14.5. The molecular weight excluding hydrogens is 519 g/mol. The second-order valence-electron chi connectivity index (χ2n) is 9.07. The molecule has 10 nitrogen and oxygen atoms in total. The summed E-state index contributed by atoms with van der Waals surface area (Å²) in [5.41, 5.74) is 2.50. The minimum absolute atomic E-state index is 0.158. The quantitative estimate of drug-likeness (QED) is 0.358. The normalized spacial score (nSPS) is 15.1. The molecule has 1 fully saturated rings. The third-order valence-corrected chi connectivity index (χ3v) is 5.88. The van der Waals surface area contributed by atoms with Crippen LogP contribution in [0.2, 0.25) is 0 Å². The molecule has 1 aromatic heterocycles. The highest BCUT2D eigenvalue weighted by molar-refractivity contribution is 6.05. The summed E-state index contributed by atoms with van der Waals surface area (Å²) in [5.74, 6) is -2.19. The van der Waals surface area contributed by atoms with Crippen LogP contribution in [0.25, 0.3) is 0 Å². The molecular formula is C29H31FN4O6. The van der Waals surface area contributed by atoms with Gasteiger partial charge in [-0.25, -0.2) is 19.0 Å². The van der Waals surface area contributed by atoms with Crippen molar-refractivity contribution < 1.29 is 33.7 Å². The number of carboxylic acid groups (broad SMARTS) is 2. The summed E-state index contributed by atoms with van der Waals surface area (Å²) in [6, 6.07) is 17.6. The third kappa shape index (κ3) is 9.61. The molecule has 0 unspecified atom stereocenters. The van der Waals surface area contributed by atoms with Gasteiger partial charge in [0.1, 0.15) is 11.6 Å². The number of piperazine rings is 1. The maximum atomic E-state index is 13.0. The number of hydrogen-bond acceptors (Lipinski definition) is 7. The average Bonchev–Trinajstić information content (AvgIpc) is 2.94. The first kappa shape index (κ1) is 29.9. The molecule has 0 spiro atoms. The Kier molecular flexibility index (Phi) is 10.9. The number of aliphatic carboxylic acids is 2. The van der Waals surface area contributed by atoms with Gasteiger partial charge in [0, 0.05) is 69.4 Å². The van der Waals surface area contributed by atoms with E-state index in [1.165, 1.54) is 36.0 Å². The lowest BCUT2D eigenvalue weighted by molar-refractivity contribution is -0.134. The number of aromatic nitrogens is 1. The maximum Gasteiger partial charge on any atom is 0.328 e. The predicted molar refractivity (Wildman–Crippen MR) is 147 cm³/mol. The zero-order valence-corrected chi connectivity index (χ0v) is 22.2. The third-order valence-electron chi connectivity index (χ3n) is 5.88. The molecule has 0 saturated carbocycles. The van der Waals surface area contributed by atoms with Gasteiger partial charge >= 0.3 is 11.9 Å².